The molecular weight excluding hydrogens is 536 g/mol. The van der Waals surface area contributed by atoms with E-state index < -0.39 is 0 Å². The third-order valence-electron chi connectivity index (χ3n) is 6.20. The molecule has 206 valence electrons. The number of fused-ring (bicyclic) bond motifs is 1. The summed E-state index contributed by atoms with van der Waals surface area (Å²) in [5.74, 6) is 0.849. The number of carbonyl (C=O) groups excluding carboxylic acids is 1. The zero-order valence-corrected chi connectivity index (χ0v) is 23.4. The van der Waals surface area contributed by atoms with Crippen LogP contribution in [0.5, 0.6) is 11.5 Å². The van der Waals surface area contributed by atoms with E-state index in [1.165, 1.54) is 22.5 Å². The van der Waals surface area contributed by atoms with Crippen LogP contribution in [0, 0.1) is 6.92 Å². The maximum atomic E-state index is 13.4. The minimum Gasteiger partial charge on any atom is -0.493 e. The van der Waals surface area contributed by atoms with E-state index in [0.717, 1.165) is 16.7 Å². The molecule has 0 fully saturated rings. The van der Waals surface area contributed by atoms with Crippen molar-refractivity contribution in [3.8, 4) is 17.2 Å². The van der Waals surface area contributed by atoms with Crippen LogP contribution in [0.2, 0.25) is 0 Å². The van der Waals surface area contributed by atoms with Gasteiger partial charge in [0.25, 0.3) is 11.5 Å². The molecule has 0 atom stereocenters. The summed E-state index contributed by atoms with van der Waals surface area (Å²) < 4.78 is 12.9. The smallest absolute Gasteiger partial charge is 0.266 e. The fraction of sp³-hybridized carbons (Fsp3) is 0.125. The molecule has 0 spiro atoms. The topological polar surface area (TPSA) is 94.8 Å². The number of para-hydroxylation sites is 1. The van der Waals surface area contributed by atoms with Gasteiger partial charge in [-0.15, -0.1) is 0 Å². The van der Waals surface area contributed by atoms with E-state index in [4.69, 9.17) is 9.47 Å². The van der Waals surface area contributed by atoms with Gasteiger partial charge in [0, 0.05) is 0 Å². The molecule has 1 aromatic heterocycles. The van der Waals surface area contributed by atoms with Crippen molar-refractivity contribution in [2.24, 2.45) is 5.10 Å². The molecule has 4 aromatic carbocycles. The van der Waals surface area contributed by atoms with Gasteiger partial charge in [-0.05, 0) is 60.5 Å². The number of methoxy groups -OCH3 is 1. The van der Waals surface area contributed by atoms with Gasteiger partial charge < -0.3 is 9.47 Å². The van der Waals surface area contributed by atoms with Gasteiger partial charge in [0.1, 0.15) is 6.61 Å². The minimum absolute atomic E-state index is 0.0174. The molecule has 41 heavy (non-hydrogen) atoms. The molecule has 5 aromatic rings. The number of ether oxygens (including phenoxy) is 2. The predicted molar refractivity (Wildman–Crippen MR) is 162 cm³/mol. The van der Waals surface area contributed by atoms with Crippen LogP contribution >= 0.6 is 11.8 Å². The van der Waals surface area contributed by atoms with Crippen LogP contribution in [0.25, 0.3) is 16.6 Å². The van der Waals surface area contributed by atoms with Crippen molar-refractivity contribution in [1.29, 1.82) is 0 Å². The van der Waals surface area contributed by atoms with Crippen LogP contribution in [0.1, 0.15) is 16.7 Å². The predicted octanol–water partition coefficient (Wildman–Crippen LogP) is 5.52. The molecule has 1 amide bonds. The third kappa shape index (κ3) is 6.82. The summed E-state index contributed by atoms with van der Waals surface area (Å²) in [4.78, 5) is 30.7. The van der Waals surface area contributed by atoms with Gasteiger partial charge in [-0.2, -0.15) is 5.10 Å². The summed E-state index contributed by atoms with van der Waals surface area (Å²) in [6.45, 7) is 2.40. The van der Waals surface area contributed by atoms with E-state index in [1.54, 1.807) is 31.4 Å². The number of nitrogens with one attached hydrogen (secondary N) is 1. The molecule has 8 nitrogen and oxygen atoms in total. The van der Waals surface area contributed by atoms with E-state index in [1.807, 2.05) is 79.7 Å². The summed E-state index contributed by atoms with van der Waals surface area (Å²) in [5, 5.41) is 5.02. The monoisotopic (exact) mass is 564 g/mol. The van der Waals surface area contributed by atoms with E-state index in [0.29, 0.717) is 39.9 Å². The van der Waals surface area contributed by atoms with Gasteiger partial charge in [0.2, 0.25) is 0 Å². The third-order valence-corrected chi connectivity index (χ3v) is 7.14. The molecule has 0 aliphatic carbocycles. The van der Waals surface area contributed by atoms with E-state index >= 15 is 0 Å². The average molecular weight is 565 g/mol. The first kappa shape index (κ1) is 27.7. The molecule has 0 bridgehead atoms. The summed E-state index contributed by atoms with van der Waals surface area (Å²) in [7, 11) is 1.57. The van der Waals surface area contributed by atoms with Crippen LogP contribution in [0.15, 0.2) is 112 Å². The molecule has 0 unspecified atom stereocenters. The molecule has 0 saturated carbocycles. The molecule has 0 aliphatic heterocycles. The molecule has 0 saturated heterocycles. The Bertz CT molecular complexity index is 1750. The normalized spacial score (nSPS) is 11.1. The van der Waals surface area contributed by atoms with Crippen molar-refractivity contribution in [2.75, 3.05) is 12.9 Å². The summed E-state index contributed by atoms with van der Waals surface area (Å²) in [6.07, 6.45) is 1.53. The fourth-order valence-electron chi connectivity index (χ4n) is 4.09. The fourth-order valence-corrected chi connectivity index (χ4v) is 4.90. The maximum Gasteiger partial charge on any atom is 0.266 e. The molecule has 1 N–H and O–H groups in total. The number of amides is 1. The molecule has 0 radical (unpaired) electrons. The van der Waals surface area contributed by atoms with Crippen LogP contribution in [0.4, 0.5) is 0 Å². The number of aromatic nitrogens is 2. The highest BCUT2D eigenvalue weighted by molar-refractivity contribution is 7.99. The second-order valence-corrected chi connectivity index (χ2v) is 10.1. The number of hydrogen-bond donors (Lipinski definition) is 1. The molecule has 9 heteroatoms. The lowest BCUT2D eigenvalue weighted by Crippen LogP contribution is -2.24. The second-order valence-electron chi connectivity index (χ2n) is 9.15. The Hall–Kier alpha value is -4.89. The lowest BCUT2D eigenvalue weighted by molar-refractivity contribution is -0.118. The summed E-state index contributed by atoms with van der Waals surface area (Å²) in [6, 6.07) is 30.1. The maximum absolute atomic E-state index is 13.4. The minimum atomic E-state index is -0.334. The first-order valence-electron chi connectivity index (χ1n) is 12.9. The zero-order chi connectivity index (χ0) is 28.6. The van der Waals surface area contributed by atoms with Gasteiger partial charge in [-0.25, -0.2) is 10.4 Å². The largest absolute Gasteiger partial charge is 0.493 e. The van der Waals surface area contributed by atoms with Gasteiger partial charge >= 0.3 is 0 Å². The van der Waals surface area contributed by atoms with Crippen molar-refractivity contribution >= 4 is 34.8 Å². The van der Waals surface area contributed by atoms with Crippen molar-refractivity contribution in [2.45, 2.75) is 18.7 Å². The lowest BCUT2D eigenvalue weighted by Gasteiger charge is -2.13. The highest BCUT2D eigenvalue weighted by Crippen LogP contribution is 2.28. The van der Waals surface area contributed by atoms with Crippen LogP contribution in [0.3, 0.4) is 0 Å². The Morgan fingerprint density at radius 3 is 2.51 bits per heavy atom. The quantitative estimate of drug-likeness (QED) is 0.104. The zero-order valence-electron chi connectivity index (χ0n) is 22.6. The number of benzene rings is 4. The first-order valence-corrected chi connectivity index (χ1v) is 13.9. The van der Waals surface area contributed by atoms with E-state index in [2.05, 4.69) is 15.5 Å². The summed E-state index contributed by atoms with van der Waals surface area (Å²) in [5.41, 5.74) is 6.47. The number of carbonyl (C=O) groups is 1. The first-order chi connectivity index (χ1) is 20.0. The van der Waals surface area contributed by atoms with E-state index in [9.17, 15) is 9.59 Å². The van der Waals surface area contributed by atoms with Crippen molar-refractivity contribution < 1.29 is 14.3 Å². The van der Waals surface area contributed by atoms with Gasteiger partial charge in [0.05, 0.1) is 35.7 Å². The van der Waals surface area contributed by atoms with E-state index in [-0.39, 0.29) is 17.2 Å². The molecule has 1 heterocycles. The Balaban J connectivity index is 1.25. The highest BCUT2D eigenvalue weighted by atomic mass is 32.2. The van der Waals surface area contributed by atoms with Crippen LogP contribution in [-0.4, -0.2) is 34.5 Å². The number of rotatable bonds is 10. The Kier molecular flexibility index (Phi) is 8.76. The highest BCUT2D eigenvalue weighted by Gasteiger charge is 2.15. The number of nitrogens with zero attached hydrogens (tertiary/aromatic N) is 3. The molecular formula is C32H28N4O4S. The Morgan fingerprint density at radius 2 is 1.73 bits per heavy atom. The number of hydrazone groups is 1. The molecule has 0 aliphatic rings. The lowest BCUT2D eigenvalue weighted by atomic mass is 10.2. The average Bonchev–Trinajstić information content (AvgIpc) is 3.00. The van der Waals surface area contributed by atoms with Crippen molar-refractivity contribution in [3.05, 3.63) is 124 Å². The van der Waals surface area contributed by atoms with Crippen LogP contribution < -0.4 is 20.5 Å². The van der Waals surface area contributed by atoms with Gasteiger partial charge in [-0.1, -0.05) is 71.9 Å². The molecule has 5 rings (SSSR count). The number of aryl methyl sites for hydroxylation is 1. The standard InChI is InChI=1S/C32H28N4O4S/c1-22-12-15-25(16-13-22)36-31(38)26-10-6-7-11-27(26)34-32(36)41-21-30(37)35-33-19-24-14-17-28(29(18-24)39-2)40-20-23-8-4-3-5-9-23/h3-19H,20-21H2,1-2H3,(H,35,37)/b33-19-. The SMILES string of the molecule is COc1cc(/C=N\NC(=O)CSc2nc3ccccc3c(=O)n2-c2ccc(C)cc2)ccc1OCc1ccccc1. The van der Waals surface area contributed by atoms with Crippen molar-refractivity contribution in [1.82, 2.24) is 15.0 Å². The Labute approximate surface area is 241 Å². The number of thioether (sulfide) groups is 1. The van der Waals surface area contributed by atoms with Gasteiger partial charge in [-0.3, -0.25) is 14.2 Å². The Morgan fingerprint density at radius 1 is 0.976 bits per heavy atom. The summed E-state index contributed by atoms with van der Waals surface area (Å²) >= 11 is 1.17. The second kappa shape index (κ2) is 13.0. The van der Waals surface area contributed by atoms with Crippen molar-refractivity contribution in [3.63, 3.8) is 0 Å². The van der Waals surface area contributed by atoms with Gasteiger partial charge in [0.15, 0.2) is 16.7 Å². The van der Waals surface area contributed by atoms with Crippen LogP contribution in [-0.2, 0) is 11.4 Å². The number of hydrogen-bond acceptors (Lipinski definition) is 7.